The minimum atomic E-state index is -0.596. The van der Waals surface area contributed by atoms with Gasteiger partial charge in [0.05, 0.1) is 0 Å². The number of unbranched alkanes of at least 4 members (excludes halogenated alkanes) is 1. The van der Waals surface area contributed by atoms with Gasteiger partial charge in [0.1, 0.15) is 6.07 Å². The first-order valence-electron chi connectivity index (χ1n) is 12.5. The van der Waals surface area contributed by atoms with Crippen molar-refractivity contribution in [1.29, 1.82) is 5.26 Å². The monoisotopic (exact) mass is 409 g/mol. The van der Waals surface area contributed by atoms with Gasteiger partial charge in [-0.2, -0.15) is 9.65 Å². The van der Waals surface area contributed by atoms with E-state index in [0.717, 1.165) is 30.6 Å². The lowest BCUT2D eigenvalue weighted by Crippen LogP contribution is -2.14. The van der Waals surface area contributed by atoms with Crippen molar-refractivity contribution >= 4 is 0 Å². The largest absolute Gasteiger partial charge is 0.196 e. The minimum absolute atomic E-state index is 0.291. The third-order valence-electron chi connectivity index (χ3n) is 7.69. The highest BCUT2D eigenvalue weighted by Crippen LogP contribution is 2.38. The van der Waals surface area contributed by atoms with Crippen molar-refractivity contribution in [1.82, 2.24) is 0 Å². The zero-order chi connectivity index (χ0) is 21.2. The van der Waals surface area contributed by atoms with Crippen LogP contribution in [0.2, 0.25) is 0 Å². The predicted octanol–water partition coefficient (Wildman–Crippen LogP) is 8.66. The van der Waals surface area contributed by atoms with E-state index in [0.29, 0.717) is 5.92 Å². The molecule has 3 rings (SSSR count). The Morgan fingerprint density at radius 1 is 0.933 bits per heavy atom. The van der Waals surface area contributed by atoms with Crippen molar-refractivity contribution in [3.05, 3.63) is 47.3 Å². The Morgan fingerprint density at radius 2 is 1.50 bits per heavy atom. The van der Waals surface area contributed by atoms with Gasteiger partial charge >= 0.3 is 0 Å². The second-order valence-electron chi connectivity index (χ2n) is 9.90. The molecule has 0 unspecified atom stereocenters. The molecule has 1 nitrogen and oxygen atoms in total. The van der Waals surface area contributed by atoms with Crippen molar-refractivity contribution in [2.24, 2.45) is 17.8 Å². The average molecular weight is 410 g/mol. The molecule has 1 aromatic carbocycles. The molecule has 0 N–H and O–H groups in total. The van der Waals surface area contributed by atoms with Crippen LogP contribution >= 0.6 is 0 Å². The fourth-order valence-electron chi connectivity index (χ4n) is 5.78. The van der Waals surface area contributed by atoms with E-state index in [1.807, 2.05) is 0 Å². The molecule has 2 heteroatoms. The number of nitriles is 1. The third-order valence-corrected chi connectivity index (χ3v) is 7.69. The van der Waals surface area contributed by atoms with Crippen LogP contribution in [-0.4, -0.2) is 0 Å². The summed E-state index contributed by atoms with van der Waals surface area (Å²) in [5.74, 6) is 2.24. The smallest absolute Gasteiger partial charge is 0.195 e. The first kappa shape index (κ1) is 23.1. The highest BCUT2D eigenvalue weighted by molar-refractivity contribution is 5.25. The molecule has 0 aliphatic heterocycles. The Kier molecular flexibility index (Phi) is 9.44. The maximum absolute atomic E-state index is 13.1. The third kappa shape index (κ3) is 7.26. The molecule has 30 heavy (non-hydrogen) atoms. The summed E-state index contributed by atoms with van der Waals surface area (Å²) in [6.07, 6.45) is 19.6. The summed E-state index contributed by atoms with van der Waals surface area (Å²) in [4.78, 5) is 0. The lowest BCUT2D eigenvalue weighted by atomic mass is 9.76. The van der Waals surface area contributed by atoms with Crippen molar-refractivity contribution in [2.75, 3.05) is 0 Å². The van der Waals surface area contributed by atoms with E-state index in [4.69, 9.17) is 5.26 Å². The molecule has 0 radical (unpaired) electrons. The maximum Gasteiger partial charge on any atom is 0.196 e. The highest BCUT2D eigenvalue weighted by Gasteiger charge is 2.23. The van der Waals surface area contributed by atoms with Gasteiger partial charge < -0.3 is 0 Å². The quantitative estimate of drug-likeness (QED) is 0.296. The van der Waals surface area contributed by atoms with E-state index in [-0.39, 0.29) is 0 Å². The molecule has 2 fully saturated rings. The number of rotatable bonds is 9. The zero-order valence-electron chi connectivity index (χ0n) is 18.9. The summed E-state index contributed by atoms with van der Waals surface area (Å²) >= 11 is 0. The molecule has 0 atom stereocenters. The van der Waals surface area contributed by atoms with Gasteiger partial charge in [-0.3, -0.25) is 0 Å². The molecule has 0 saturated heterocycles. The summed E-state index contributed by atoms with van der Waals surface area (Å²) in [6, 6.07) is 11.1. The van der Waals surface area contributed by atoms with Gasteiger partial charge in [0, 0.05) is 0 Å². The SMILES string of the molecule is CCCc1ccc(C2CCC(CCCCC3CCC(/C=C(/F)C#N)CC3)CC2)cc1. The number of allylic oxidation sites excluding steroid dienone is 2. The minimum Gasteiger partial charge on any atom is -0.195 e. The molecule has 1 aromatic rings. The summed E-state index contributed by atoms with van der Waals surface area (Å²) in [5, 5.41) is 8.58. The van der Waals surface area contributed by atoms with Gasteiger partial charge in [-0.25, -0.2) is 0 Å². The molecule has 2 aliphatic carbocycles. The Hall–Kier alpha value is -1.62. The summed E-state index contributed by atoms with van der Waals surface area (Å²) in [7, 11) is 0. The molecule has 0 heterocycles. The van der Waals surface area contributed by atoms with Crippen LogP contribution in [0.5, 0.6) is 0 Å². The molecular weight excluding hydrogens is 369 g/mol. The van der Waals surface area contributed by atoms with Crippen LogP contribution in [0.4, 0.5) is 4.39 Å². The average Bonchev–Trinajstić information content (AvgIpc) is 2.79. The molecule has 2 saturated carbocycles. The fraction of sp³-hybridized carbons (Fsp3) is 0.679. The highest BCUT2D eigenvalue weighted by atomic mass is 19.1. The standard InChI is InChI=1S/C28H40FN/c1-2-5-22-12-16-26(17-13-22)27-18-14-24(15-19-27)7-4-3-6-23-8-10-25(11-9-23)20-28(29)21-30/h12-13,16-17,20,23-25,27H,2-11,14-15,18-19H2,1H3/b28-20+. The number of halogens is 1. The number of hydrogen-bond donors (Lipinski definition) is 0. The Morgan fingerprint density at radius 3 is 2.03 bits per heavy atom. The molecule has 164 valence electrons. The lowest BCUT2D eigenvalue weighted by Gasteiger charge is -2.29. The molecule has 0 aromatic heterocycles. The Balaban J connectivity index is 1.27. The van der Waals surface area contributed by atoms with Gasteiger partial charge in [0.15, 0.2) is 5.83 Å². The summed E-state index contributed by atoms with van der Waals surface area (Å²) < 4.78 is 13.1. The van der Waals surface area contributed by atoms with Crippen LogP contribution in [0.25, 0.3) is 0 Å². The van der Waals surface area contributed by atoms with Crippen LogP contribution in [0.1, 0.15) is 107 Å². The van der Waals surface area contributed by atoms with E-state index in [9.17, 15) is 4.39 Å². The van der Waals surface area contributed by atoms with Gasteiger partial charge in [-0.15, -0.1) is 0 Å². The van der Waals surface area contributed by atoms with E-state index in [2.05, 4.69) is 31.2 Å². The summed E-state index contributed by atoms with van der Waals surface area (Å²) in [5.41, 5.74) is 3.04. The van der Waals surface area contributed by atoms with Crippen LogP contribution in [0.15, 0.2) is 36.2 Å². The normalized spacial score (nSPS) is 27.6. The number of benzene rings is 1. The van der Waals surface area contributed by atoms with E-state index < -0.39 is 5.83 Å². The van der Waals surface area contributed by atoms with Crippen molar-refractivity contribution in [3.63, 3.8) is 0 Å². The number of hydrogen-bond acceptors (Lipinski definition) is 1. The van der Waals surface area contributed by atoms with Gasteiger partial charge in [0.2, 0.25) is 0 Å². The van der Waals surface area contributed by atoms with Crippen LogP contribution in [-0.2, 0) is 6.42 Å². The maximum atomic E-state index is 13.1. The topological polar surface area (TPSA) is 23.8 Å². The molecule has 0 bridgehead atoms. The number of nitrogens with zero attached hydrogens (tertiary/aromatic N) is 1. The first-order chi connectivity index (χ1) is 14.7. The van der Waals surface area contributed by atoms with Gasteiger partial charge in [-0.1, -0.05) is 63.3 Å². The predicted molar refractivity (Wildman–Crippen MR) is 124 cm³/mol. The Labute approximate surface area is 183 Å². The first-order valence-corrected chi connectivity index (χ1v) is 12.5. The van der Waals surface area contributed by atoms with E-state index in [1.165, 1.54) is 82.6 Å². The molecule has 2 aliphatic rings. The van der Waals surface area contributed by atoms with Gasteiger partial charge in [0.25, 0.3) is 0 Å². The Bertz CT molecular complexity index is 682. The van der Waals surface area contributed by atoms with Crippen LogP contribution in [0, 0.1) is 29.1 Å². The fourth-order valence-corrected chi connectivity index (χ4v) is 5.78. The second kappa shape index (κ2) is 12.3. The lowest BCUT2D eigenvalue weighted by molar-refractivity contribution is 0.272. The molecule has 0 amide bonds. The molecular formula is C28H40FN. The van der Waals surface area contributed by atoms with Crippen LogP contribution in [0.3, 0.4) is 0 Å². The summed E-state index contributed by atoms with van der Waals surface area (Å²) in [6.45, 7) is 2.25. The van der Waals surface area contributed by atoms with E-state index in [1.54, 1.807) is 17.7 Å². The van der Waals surface area contributed by atoms with Crippen molar-refractivity contribution < 1.29 is 4.39 Å². The van der Waals surface area contributed by atoms with Crippen molar-refractivity contribution in [3.8, 4) is 6.07 Å². The zero-order valence-corrected chi connectivity index (χ0v) is 18.9. The van der Waals surface area contributed by atoms with Crippen molar-refractivity contribution in [2.45, 2.75) is 103 Å². The van der Waals surface area contributed by atoms with Crippen LogP contribution < -0.4 is 0 Å². The van der Waals surface area contributed by atoms with E-state index >= 15 is 0 Å². The molecule has 0 spiro atoms. The number of aryl methyl sites for hydroxylation is 1. The van der Waals surface area contributed by atoms with Gasteiger partial charge in [-0.05, 0) is 98.7 Å². The second-order valence-corrected chi connectivity index (χ2v) is 9.90.